The van der Waals surface area contributed by atoms with Crippen LogP contribution in [0.5, 0.6) is 5.75 Å². The molecule has 2 aromatic heterocycles. The topological polar surface area (TPSA) is 122 Å². The number of aromatic nitrogens is 4. The molecule has 0 radical (unpaired) electrons. The van der Waals surface area contributed by atoms with E-state index in [1.165, 1.54) is 6.07 Å². The van der Waals surface area contributed by atoms with Gasteiger partial charge in [-0.25, -0.2) is 9.78 Å². The van der Waals surface area contributed by atoms with Crippen LogP contribution in [0, 0.1) is 0 Å². The van der Waals surface area contributed by atoms with E-state index >= 15 is 0 Å². The average molecular weight is 427 g/mol. The second-order valence-corrected chi connectivity index (χ2v) is 6.15. The van der Waals surface area contributed by atoms with E-state index < -0.39 is 12.1 Å². The summed E-state index contributed by atoms with van der Waals surface area (Å²) in [4.78, 5) is 25.4. The first-order chi connectivity index (χ1) is 14.0. The van der Waals surface area contributed by atoms with Crippen molar-refractivity contribution in [1.29, 1.82) is 0 Å². The van der Waals surface area contributed by atoms with Crippen LogP contribution in [0.4, 0.5) is 13.2 Å². The molecule has 9 nitrogen and oxygen atoms in total. The Bertz CT molecular complexity index is 1040. The number of hydrogen-bond donors (Lipinski definition) is 3. The lowest BCUT2D eigenvalue weighted by Gasteiger charge is -2.09. The second kappa shape index (κ2) is 9.29. The summed E-state index contributed by atoms with van der Waals surface area (Å²) < 4.78 is 35.4. The molecule has 0 aliphatic heterocycles. The Morgan fingerprint density at radius 2 is 1.93 bits per heavy atom. The lowest BCUT2D eigenvalue weighted by molar-refractivity contribution is -0.192. The van der Waals surface area contributed by atoms with Gasteiger partial charge in [-0.3, -0.25) is 9.48 Å². The van der Waals surface area contributed by atoms with Gasteiger partial charge in [0.2, 0.25) is 0 Å². The van der Waals surface area contributed by atoms with Crippen molar-refractivity contribution >= 4 is 22.8 Å². The summed E-state index contributed by atoms with van der Waals surface area (Å²) in [6.07, 6.45) is 1.01. The molecule has 0 aliphatic carbocycles. The number of halogens is 3. The number of carbonyl (C=O) groups excluding carboxylic acids is 1. The Hall–Kier alpha value is -3.57. The number of rotatable bonds is 5. The van der Waals surface area contributed by atoms with Gasteiger partial charge in [0.05, 0.1) is 17.1 Å². The SMILES string of the molecule is CCc1nccn1CCNC(=O)c1cc(O)c2cnn(C)c2c1.O=C(O)C(F)(F)F. The molecule has 0 fully saturated rings. The van der Waals surface area contributed by atoms with Gasteiger partial charge in [-0.05, 0) is 12.1 Å². The molecule has 0 spiro atoms. The summed E-state index contributed by atoms with van der Waals surface area (Å²) in [7, 11) is 1.77. The van der Waals surface area contributed by atoms with Crippen LogP contribution in [0.25, 0.3) is 10.9 Å². The van der Waals surface area contributed by atoms with Crippen LogP contribution in [0.2, 0.25) is 0 Å². The highest BCUT2D eigenvalue weighted by Gasteiger charge is 2.38. The number of alkyl halides is 3. The average Bonchev–Trinajstić information content (AvgIpc) is 3.28. The van der Waals surface area contributed by atoms with E-state index in [4.69, 9.17) is 9.90 Å². The van der Waals surface area contributed by atoms with Gasteiger partial charge in [0.25, 0.3) is 5.91 Å². The van der Waals surface area contributed by atoms with Crippen molar-refractivity contribution in [3.63, 3.8) is 0 Å². The number of nitrogens with zero attached hydrogens (tertiary/aromatic N) is 4. The fourth-order valence-corrected chi connectivity index (χ4v) is 2.61. The molecule has 0 atom stereocenters. The minimum atomic E-state index is -5.08. The maximum Gasteiger partial charge on any atom is 0.490 e. The molecule has 0 aliphatic rings. The fraction of sp³-hybridized carbons (Fsp3) is 0.333. The number of fused-ring (bicyclic) bond motifs is 1. The van der Waals surface area contributed by atoms with E-state index in [0.29, 0.717) is 24.0 Å². The van der Waals surface area contributed by atoms with Gasteiger partial charge < -0.3 is 20.1 Å². The van der Waals surface area contributed by atoms with E-state index in [-0.39, 0.29) is 11.7 Å². The summed E-state index contributed by atoms with van der Waals surface area (Å²) in [5.41, 5.74) is 1.14. The fourth-order valence-electron chi connectivity index (χ4n) is 2.61. The summed E-state index contributed by atoms with van der Waals surface area (Å²) in [6.45, 7) is 3.20. The number of imidazole rings is 1. The highest BCUT2D eigenvalue weighted by Crippen LogP contribution is 2.25. The summed E-state index contributed by atoms with van der Waals surface area (Å²) in [5, 5.41) is 24.7. The number of amides is 1. The van der Waals surface area contributed by atoms with Crippen LogP contribution in [-0.4, -0.2) is 54.1 Å². The zero-order valence-electron chi connectivity index (χ0n) is 16.1. The number of phenolic OH excluding ortho intramolecular Hbond substituents is 1. The molecule has 0 unspecified atom stereocenters. The van der Waals surface area contributed by atoms with Crippen molar-refractivity contribution < 1.29 is 33.0 Å². The molecule has 2 heterocycles. The van der Waals surface area contributed by atoms with Gasteiger partial charge in [-0.15, -0.1) is 0 Å². The predicted molar refractivity (Wildman–Crippen MR) is 100 cm³/mol. The third-order valence-electron chi connectivity index (χ3n) is 4.11. The Balaban J connectivity index is 0.000000396. The van der Waals surface area contributed by atoms with Gasteiger partial charge >= 0.3 is 12.1 Å². The molecule has 3 rings (SSSR count). The Labute approximate surface area is 168 Å². The normalized spacial score (nSPS) is 11.1. The number of carboxylic acids is 1. The maximum absolute atomic E-state index is 12.3. The molecule has 30 heavy (non-hydrogen) atoms. The first kappa shape index (κ1) is 22.7. The number of carbonyl (C=O) groups is 2. The van der Waals surface area contributed by atoms with Gasteiger partial charge in [-0.2, -0.15) is 18.3 Å². The number of aliphatic carboxylic acids is 1. The molecule has 0 saturated heterocycles. The number of carboxylic acid groups (broad SMARTS) is 1. The molecular weight excluding hydrogens is 407 g/mol. The van der Waals surface area contributed by atoms with Crippen LogP contribution in [-0.2, 0) is 24.8 Å². The number of aryl methyl sites for hydroxylation is 2. The van der Waals surface area contributed by atoms with Crippen LogP contribution in [0.3, 0.4) is 0 Å². The number of aromatic hydroxyl groups is 1. The van der Waals surface area contributed by atoms with Gasteiger partial charge in [-0.1, -0.05) is 6.92 Å². The first-order valence-electron chi connectivity index (χ1n) is 8.77. The van der Waals surface area contributed by atoms with Crippen LogP contribution >= 0.6 is 0 Å². The van der Waals surface area contributed by atoms with E-state index in [9.17, 15) is 23.1 Å². The number of benzene rings is 1. The Morgan fingerprint density at radius 1 is 1.27 bits per heavy atom. The zero-order chi connectivity index (χ0) is 22.5. The highest BCUT2D eigenvalue weighted by molar-refractivity contribution is 5.99. The van der Waals surface area contributed by atoms with Gasteiger partial charge in [0.15, 0.2) is 0 Å². The molecular formula is C18H20F3N5O4. The van der Waals surface area contributed by atoms with Gasteiger partial charge in [0, 0.05) is 44.5 Å². The smallest absolute Gasteiger partial charge is 0.490 e. The number of nitrogens with one attached hydrogen (secondary N) is 1. The third-order valence-corrected chi connectivity index (χ3v) is 4.11. The minimum Gasteiger partial charge on any atom is -0.507 e. The number of phenols is 1. The molecule has 1 amide bonds. The van der Waals surface area contributed by atoms with Crippen molar-refractivity contribution in [2.75, 3.05) is 6.54 Å². The largest absolute Gasteiger partial charge is 0.507 e. The molecule has 3 aromatic rings. The lowest BCUT2D eigenvalue weighted by Crippen LogP contribution is -2.27. The summed E-state index contributed by atoms with van der Waals surface area (Å²) >= 11 is 0. The summed E-state index contributed by atoms with van der Waals surface area (Å²) in [5.74, 6) is -1.93. The minimum absolute atomic E-state index is 0.0589. The second-order valence-electron chi connectivity index (χ2n) is 6.15. The third kappa shape index (κ3) is 5.49. The first-order valence-corrected chi connectivity index (χ1v) is 8.77. The van der Waals surface area contributed by atoms with E-state index in [2.05, 4.69) is 15.4 Å². The Kier molecular flexibility index (Phi) is 7.03. The maximum atomic E-state index is 12.3. The predicted octanol–water partition coefficient (Wildman–Crippen LogP) is 2.10. The van der Waals surface area contributed by atoms with Crippen molar-refractivity contribution in [2.45, 2.75) is 26.1 Å². The number of hydrogen-bond acceptors (Lipinski definition) is 5. The molecule has 12 heteroatoms. The van der Waals surface area contributed by atoms with E-state index in [0.717, 1.165) is 17.8 Å². The van der Waals surface area contributed by atoms with E-state index in [1.54, 1.807) is 30.2 Å². The van der Waals surface area contributed by atoms with Crippen molar-refractivity contribution in [2.24, 2.45) is 7.05 Å². The van der Waals surface area contributed by atoms with Crippen LogP contribution in [0.1, 0.15) is 23.1 Å². The lowest BCUT2D eigenvalue weighted by atomic mass is 10.1. The van der Waals surface area contributed by atoms with E-state index in [1.807, 2.05) is 17.7 Å². The molecule has 3 N–H and O–H groups in total. The molecule has 162 valence electrons. The summed E-state index contributed by atoms with van der Waals surface area (Å²) in [6, 6.07) is 3.19. The molecule has 0 bridgehead atoms. The quantitative estimate of drug-likeness (QED) is 0.573. The van der Waals surface area contributed by atoms with Gasteiger partial charge in [0.1, 0.15) is 11.6 Å². The molecule has 0 saturated carbocycles. The zero-order valence-corrected chi connectivity index (χ0v) is 16.1. The van der Waals surface area contributed by atoms with Crippen LogP contribution in [0.15, 0.2) is 30.7 Å². The standard InChI is InChI=1S/C16H19N5O2.C2HF3O2/c1-3-15-17-4-6-21(15)7-5-18-16(23)11-8-13-12(14(22)9-11)10-19-20(13)2;3-2(4,5)1(6)7/h4,6,8-10,22H,3,5,7H2,1-2H3,(H,18,23);(H,6,7). The monoisotopic (exact) mass is 427 g/mol. The van der Waals surface area contributed by atoms with Crippen LogP contribution < -0.4 is 5.32 Å². The van der Waals surface area contributed by atoms with Crippen molar-refractivity contribution in [1.82, 2.24) is 24.6 Å². The highest BCUT2D eigenvalue weighted by atomic mass is 19.4. The Morgan fingerprint density at radius 3 is 2.53 bits per heavy atom. The molecule has 1 aromatic carbocycles. The van der Waals surface area contributed by atoms with Crippen molar-refractivity contribution in [3.05, 3.63) is 42.1 Å². The van der Waals surface area contributed by atoms with Crippen molar-refractivity contribution in [3.8, 4) is 5.75 Å².